The summed E-state index contributed by atoms with van der Waals surface area (Å²) in [6.07, 6.45) is 7.77. The molecular formula is C14H18N2O. The van der Waals surface area contributed by atoms with Crippen LogP contribution in [0.3, 0.4) is 0 Å². The lowest BCUT2D eigenvalue weighted by atomic mass is 10.2. The van der Waals surface area contributed by atoms with Crippen molar-refractivity contribution in [3.63, 3.8) is 0 Å². The molecule has 90 valence electrons. The zero-order chi connectivity index (χ0) is 12.3. The molecule has 1 N–H and O–H groups in total. The Kier molecular flexibility index (Phi) is 6.41. The van der Waals surface area contributed by atoms with Crippen LogP contribution in [0.25, 0.3) is 6.08 Å². The third-order valence-electron chi connectivity index (χ3n) is 2.20. The van der Waals surface area contributed by atoms with E-state index in [9.17, 15) is 4.79 Å². The highest BCUT2D eigenvalue weighted by molar-refractivity contribution is 5.81. The number of amides is 1. The van der Waals surface area contributed by atoms with Crippen LogP contribution in [-0.4, -0.2) is 12.1 Å². The van der Waals surface area contributed by atoms with E-state index in [2.05, 4.69) is 17.5 Å². The minimum absolute atomic E-state index is 0.0313. The van der Waals surface area contributed by atoms with Crippen LogP contribution < -0.4 is 5.43 Å². The minimum Gasteiger partial charge on any atom is -0.273 e. The first-order chi connectivity index (χ1) is 8.33. The van der Waals surface area contributed by atoms with E-state index in [1.54, 1.807) is 12.3 Å². The number of hydrogen-bond acceptors (Lipinski definition) is 2. The SMILES string of the molecule is CCCCC(=O)N/N=C/C=C/c1ccccc1. The van der Waals surface area contributed by atoms with Gasteiger partial charge < -0.3 is 0 Å². The third kappa shape index (κ3) is 6.30. The van der Waals surface area contributed by atoms with Crippen molar-refractivity contribution in [3.8, 4) is 0 Å². The maximum atomic E-state index is 11.2. The van der Waals surface area contributed by atoms with Crippen molar-refractivity contribution in [1.82, 2.24) is 5.43 Å². The molecule has 0 saturated carbocycles. The van der Waals surface area contributed by atoms with Gasteiger partial charge >= 0.3 is 0 Å². The molecule has 1 aromatic carbocycles. The number of unbranched alkanes of at least 4 members (excludes halogenated alkanes) is 1. The Morgan fingerprint density at radius 1 is 1.35 bits per heavy atom. The molecule has 0 aliphatic carbocycles. The molecule has 0 unspecified atom stereocenters. The number of carbonyl (C=O) groups excluding carboxylic acids is 1. The number of nitrogens with one attached hydrogen (secondary N) is 1. The summed E-state index contributed by atoms with van der Waals surface area (Å²) in [6, 6.07) is 9.93. The Morgan fingerprint density at radius 3 is 2.82 bits per heavy atom. The molecule has 1 aromatic rings. The van der Waals surface area contributed by atoms with Crippen LogP contribution in [0.1, 0.15) is 31.7 Å². The van der Waals surface area contributed by atoms with Crippen LogP contribution in [0.2, 0.25) is 0 Å². The lowest BCUT2D eigenvalue weighted by molar-refractivity contribution is -0.121. The average Bonchev–Trinajstić information content (AvgIpc) is 2.37. The lowest BCUT2D eigenvalue weighted by Gasteiger charge is -1.95. The molecule has 0 saturated heterocycles. The highest BCUT2D eigenvalue weighted by atomic mass is 16.2. The summed E-state index contributed by atoms with van der Waals surface area (Å²) in [4.78, 5) is 11.2. The Labute approximate surface area is 102 Å². The van der Waals surface area contributed by atoms with Gasteiger partial charge in [-0.25, -0.2) is 5.43 Å². The van der Waals surface area contributed by atoms with Gasteiger partial charge in [0.25, 0.3) is 0 Å². The van der Waals surface area contributed by atoms with Gasteiger partial charge in [0.1, 0.15) is 0 Å². The quantitative estimate of drug-likeness (QED) is 0.592. The van der Waals surface area contributed by atoms with Gasteiger partial charge in [0.2, 0.25) is 5.91 Å². The van der Waals surface area contributed by atoms with Gasteiger partial charge in [-0.05, 0) is 18.1 Å². The molecule has 0 atom stereocenters. The van der Waals surface area contributed by atoms with Crippen molar-refractivity contribution in [2.45, 2.75) is 26.2 Å². The largest absolute Gasteiger partial charge is 0.273 e. The highest BCUT2D eigenvalue weighted by Gasteiger charge is 1.95. The number of benzene rings is 1. The van der Waals surface area contributed by atoms with Gasteiger partial charge in [-0.2, -0.15) is 5.10 Å². The molecule has 0 aliphatic rings. The predicted molar refractivity (Wildman–Crippen MR) is 71.6 cm³/mol. The molecule has 3 heteroatoms. The summed E-state index contributed by atoms with van der Waals surface area (Å²) in [5, 5.41) is 3.83. The molecule has 0 aliphatic heterocycles. The smallest absolute Gasteiger partial charge is 0.240 e. The molecule has 0 bridgehead atoms. The van der Waals surface area contributed by atoms with E-state index in [1.165, 1.54) is 0 Å². The Hall–Kier alpha value is -1.90. The average molecular weight is 230 g/mol. The fourth-order valence-corrected chi connectivity index (χ4v) is 1.26. The first-order valence-electron chi connectivity index (χ1n) is 5.86. The first-order valence-corrected chi connectivity index (χ1v) is 5.86. The second-order valence-corrected chi connectivity index (χ2v) is 3.69. The Bertz CT molecular complexity index is 382. The molecular weight excluding hydrogens is 212 g/mol. The second-order valence-electron chi connectivity index (χ2n) is 3.69. The van der Waals surface area contributed by atoms with Crippen LogP contribution >= 0.6 is 0 Å². The summed E-state index contributed by atoms with van der Waals surface area (Å²) in [5.74, 6) is -0.0313. The maximum Gasteiger partial charge on any atom is 0.240 e. The normalized spacial score (nSPS) is 11.1. The molecule has 0 aromatic heterocycles. The van der Waals surface area contributed by atoms with Crippen molar-refractivity contribution in [3.05, 3.63) is 42.0 Å². The van der Waals surface area contributed by atoms with Crippen molar-refractivity contribution < 1.29 is 4.79 Å². The molecule has 0 heterocycles. The molecule has 0 fully saturated rings. The van der Waals surface area contributed by atoms with Crippen molar-refractivity contribution in [1.29, 1.82) is 0 Å². The van der Waals surface area contributed by atoms with E-state index in [0.29, 0.717) is 6.42 Å². The van der Waals surface area contributed by atoms with Crippen LogP contribution in [-0.2, 0) is 4.79 Å². The Balaban J connectivity index is 2.26. The second kappa shape index (κ2) is 8.28. The first kappa shape index (κ1) is 13.2. The zero-order valence-electron chi connectivity index (χ0n) is 10.1. The van der Waals surface area contributed by atoms with Crippen molar-refractivity contribution in [2.75, 3.05) is 0 Å². The van der Waals surface area contributed by atoms with Crippen LogP contribution in [0.4, 0.5) is 0 Å². The van der Waals surface area contributed by atoms with Gasteiger partial charge in [-0.3, -0.25) is 4.79 Å². The number of allylic oxidation sites excluding steroid dienone is 1. The molecule has 3 nitrogen and oxygen atoms in total. The number of hydrogen-bond donors (Lipinski definition) is 1. The maximum absolute atomic E-state index is 11.2. The topological polar surface area (TPSA) is 41.5 Å². The molecule has 1 rings (SSSR count). The number of rotatable bonds is 6. The highest BCUT2D eigenvalue weighted by Crippen LogP contribution is 1.99. The van der Waals surface area contributed by atoms with E-state index in [4.69, 9.17) is 0 Å². The standard InChI is InChI=1S/C14H18N2O/c1-2-3-11-14(17)16-15-12-7-10-13-8-5-4-6-9-13/h4-10,12H,2-3,11H2,1H3,(H,16,17)/b10-7+,15-12+. The van der Waals surface area contributed by atoms with Crippen molar-refractivity contribution in [2.24, 2.45) is 5.10 Å². The van der Waals surface area contributed by atoms with Gasteiger partial charge in [-0.1, -0.05) is 49.8 Å². The van der Waals surface area contributed by atoms with E-state index in [1.807, 2.05) is 36.4 Å². The monoisotopic (exact) mass is 230 g/mol. The third-order valence-corrected chi connectivity index (χ3v) is 2.20. The molecule has 0 radical (unpaired) electrons. The molecule has 17 heavy (non-hydrogen) atoms. The van der Waals surface area contributed by atoms with Gasteiger partial charge in [0, 0.05) is 12.6 Å². The van der Waals surface area contributed by atoms with E-state index in [-0.39, 0.29) is 5.91 Å². The van der Waals surface area contributed by atoms with Crippen LogP contribution in [0.5, 0.6) is 0 Å². The minimum atomic E-state index is -0.0313. The fraction of sp³-hybridized carbons (Fsp3) is 0.286. The van der Waals surface area contributed by atoms with Gasteiger partial charge in [-0.15, -0.1) is 0 Å². The lowest BCUT2D eigenvalue weighted by Crippen LogP contribution is -2.16. The summed E-state index contributed by atoms with van der Waals surface area (Å²) < 4.78 is 0. The fourth-order valence-electron chi connectivity index (χ4n) is 1.26. The summed E-state index contributed by atoms with van der Waals surface area (Å²) in [7, 11) is 0. The van der Waals surface area contributed by atoms with Crippen LogP contribution in [0.15, 0.2) is 41.5 Å². The summed E-state index contributed by atoms with van der Waals surface area (Å²) >= 11 is 0. The number of hydrazone groups is 1. The van der Waals surface area contributed by atoms with Gasteiger partial charge in [0.05, 0.1) is 0 Å². The Morgan fingerprint density at radius 2 is 2.12 bits per heavy atom. The molecule has 0 spiro atoms. The molecule has 1 amide bonds. The predicted octanol–water partition coefficient (Wildman–Crippen LogP) is 2.99. The van der Waals surface area contributed by atoms with Crippen molar-refractivity contribution >= 4 is 18.2 Å². The van der Waals surface area contributed by atoms with E-state index < -0.39 is 0 Å². The number of nitrogens with zero attached hydrogens (tertiary/aromatic N) is 1. The summed E-state index contributed by atoms with van der Waals surface area (Å²) in [6.45, 7) is 2.05. The number of carbonyl (C=O) groups is 1. The van der Waals surface area contributed by atoms with E-state index >= 15 is 0 Å². The van der Waals surface area contributed by atoms with E-state index in [0.717, 1.165) is 18.4 Å². The van der Waals surface area contributed by atoms with Gasteiger partial charge in [0.15, 0.2) is 0 Å². The summed E-state index contributed by atoms with van der Waals surface area (Å²) in [5.41, 5.74) is 3.59. The zero-order valence-corrected chi connectivity index (χ0v) is 10.1. The van der Waals surface area contributed by atoms with Crippen LogP contribution in [0, 0.1) is 0 Å².